The highest BCUT2D eigenvalue weighted by Crippen LogP contribution is 2.51. The van der Waals surface area contributed by atoms with Gasteiger partial charge in [0.25, 0.3) is 0 Å². The minimum atomic E-state index is -0.562. The molecular weight excluding hydrogens is 236 g/mol. The number of carbonyl (C=O) groups excluding carboxylic acids is 1. The molecule has 3 nitrogen and oxygen atoms in total. The number of rotatable bonds is 4. The molecule has 2 rings (SSSR count). The molecule has 17 heavy (non-hydrogen) atoms. The van der Waals surface area contributed by atoms with Gasteiger partial charge in [-0.25, -0.2) is 0 Å². The van der Waals surface area contributed by atoms with E-state index in [-0.39, 0.29) is 18.3 Å². The van der Waals surface area contributed by atoms with Gasteiger partial charge in [0.05, 0.1) is 5.54 Å². The predicted octanol–water partition coefficient (Wildman–Crippen LogP) is 2.23. The lowest BCUT2D eigenvalue weighted by atomic mass is 9.91. The molecule has 0 atom stereocenters. The lowest BCUT2D eigenvalue weighted by Crippen LogP contribution is -2.53. The zero-order chi connectivity index (χ0) is 11.8. The van der Waals surface area contributed by atoms with Crippen molar-refractivity contribution in [1.82, 2.24) is 5.32 Å². The van der Waals surface area contributed by atoms with Crippen molar-refractivity contribution in [1.29, 1.82) is 0 Å². The van der Waals surface area contributed by atoms with Crippen molar-refractivity contribution >= 4 is 18.3 Å². The molecule has 0 aromatic heterocycles. The van der Waals surface area contributed by atoms with E-state index >= 15 is 0 Å². The Labute approximate surface area is 110 Å². The van der Waals surface area contributed by atoms with Gasteiger partial charge in [0.1, 0.15) is 0 Å². The number of amides is 1. The van der Waals surface area contributed by atoms with Crippen LogP contribution in [0, 0.1) is 11.3 Å². The van der Waals surface area contributed by atoms with Crippen LogP contribution >= 0.6 is 12.4 Å². The third-order valence-corrected chi connectivity index (χ3v) is 4.67. The first-order valence-electron chi connectivity index (χ1n) is 6.56. The highest BCUT2D eigenvalue weighted by atomic mass is 35.5. The van der Waals surface area contributed by atoms with E-state index in [1.54, 1.807) is 0 Å². The zero-order valence-corrected chi connectivity index (χ0v) is 11.7. The van der Waals surface area contributed by atoms with Crippen LogP contribution in [0.1, 0.15) is 52.4 Å². The van der Waals surface area contributed by atoms with Crippen LogP contribution in [0.2, 0.25) is 0 Å². The van der Waals surface area contributed by atoms with Crippen LogP contribution in [-0.2, 0) is 4.79 Å². The third kappa shape index (κ3) is 2.94. The first-order chi connectivity index (χ1) is 7.49. The topological polar surface area (TPSA) is 55.1 Å². The predicted molar refractivity (Wildman–Crippen MR) is 72.1 cm³/mol. The molecule has 0 bridgehead atoms. The molecule has 0 saturated heterocycles. The molecule has 100 valence electrons. The maximum atomic E-state index is 12.0. The van der Waals surface area contributed by atoms with Crippen LogP contribution in [-0.4, -0.2) is 18.0 Å². The summed E-state index contributed by atoms with van der Waals surface area (Å²) in [6.45, 7) is 5.31. The number of carbonyl (C=O) groups is 1. The van der Waals surface area contributed by atoms with Gasteiger partial charge in [-0.05, 0) is 37.0 Å². The van der Waals surface area contributed by atoms with Crippen LogP contribution in [0.5, 0.6) is 0 Å². The molecule has 0 spiro atoms. The van der Waals surface area contributed by atoms with E-state index in [1.807, 2.05) is 0 Å². The summed E-state index contributed by atoms with van der Waals surface area (Å²) in [5.74, 6) is 0.738. The standard InChI is InChI=1S/C13H24N2O.ClH/c1-10(2)12(7-8-12)9-15-11(16)13(14)5-3-4-6-13;/h10H,3-9,14H2,1-2H3,(H,15,16);1H. The second-order valence-electron chi connectivity index (χ2n) is 6.06. The summed E-state index contributed by atoms with van der Waals surface area (Å²) >= 11 is 0. The fourth-order valence-electron chi connectivity index (χ4n) is 2.78. The second-order valence-corrected chi connectivity index (χ2v) is 6.06. The average molecular weight is 261 g/mol. The van der Waals surface area contributed by atoms with Gasteiger partial charge in [-0.3, -0.25) is 4.79 Å². The Balaban J connectivity index is 0.00000144. The molecule has 0 radical (unpaired) electrons. The minimum Gasteiger partial charge on any atom is -0.354 e. The molecular formula is C13H25ClN2O. The van der Waals surface area contributed by atoms with Crippen LogP contribution in [0.15, 0.2) is 0 Å². The Morgan fingerprint density at radius 3 is 2.18 bits per heavy atom. The molecule has 3 N–H and O–H groups in total. The van der Waals surface area contributed by atoms with E-state index < -0.39 is 5.54 Å². The van der Waals surface area contributed by atoms with Crippen molar-refractivity contribution in [2.24, 2.45) is 17.1 Å². The van der Waals surface area contributed by atoms with Gasteiger partial charge in [0, 0.05) is 6.54 Å². The second kappa shape index (κ2) is 5.15. The Kier molecular flexibility index (Phi) is 4.48. The van der Waals surface area contributed by atoms with Gasteiger partial charge in [-0.2, -0.15) is 0 Å². The molecule has 0 aromatic rings. The van der Waals surface area contributed by atoms with Crippen molar-refractivity contribution in [2.75, 3.05) is 6.54 Å². The molecule has 4 heteroatoms. The van der Waals surface area contributed by atoms with E-state index in [0.717, 1.165) is 32.2 Å². The van der Waals surface area contributed by atoms with Crippen molar-refractivity contribution in [2.45, 2.75) is 57.9 Å². The molecule has 0 aliphatic heterocycles. The fourth-order valence-corrected chi connectivity index (χ4v) is 2.78. The highest BCUT2D eigenvalue weighted by Gasteiger charge is 2.46. The van der Waals surface area contributed by atoms with Crippen molar-refractivity contribution < 1.29 is 4.79 Å². The Bertz CT molecular complexity index is 281. The van der Waals surface area contributed by atoms with E-state index in [4.69, 9.17) is 5.73 Å². The van der Waals surface area contributed by atoms with Crippen LogP contribution in [0.4, 0.5) is 0 Å². The number of hydrogen-bond donors (Lipinski definition) is 2. The van der Waals surface area contributed by atoms with Gasteiger partial charge in [0.2, 0.25) is 5.91 Å². The van der Waals surface area contributed by atoms with Crippen molar-refractivity contribution in [3.8, 4) is 0 Å². The van der Waals surface area contributed by atoms with Gasteiger partial charge < -0.3 is 11.1 Å². The van der Waals surface area contributed by atoms with Gasteiger partial charge >= 0.3 is 0 Å². The van der Waals surface area contributed by atoms with E-state index in [2.05, 4.69) is 19.2 Å². The van der Waals surface area contributed by atoms with E-state index in [0.29, 0.717) is 11.3 Å². The summed E-state index contributed by atoms with van der Waals surface area (Å²) < 4.78 is 0. The molecule has 0 unspecified atom stereocenters. The quantitative estimate of drug-likeness (QED) is 0.815. The molecule has 2 saturated carbocycles. The SMILES string of the molecule is CC(C)C1(CNC(=O)C2(N)CCCC2)CC1.Cl. The summed E-state index contributed by atoms with van der Waals surface area (Å²) in [6, 6.07) is 0. The third-order valence-electron chi connectivity index (χ3n) is 4.67. The number of nitrogens with two attached hydrogens (primary N) is 1. The normalized spacial score (nSPS) is 24.2. The fraction of sp³-hybridized carbons (Fsp3) is 0.923. The van der Waals surface area contributed by atoms with Crippen molar-refractivity contribution in [3.63, 3.8) is 0 Å². The largest absolute Gasteiger partial charge is 0.354 e. The summed E-state index contributed by atoms with van der Waals surface area (Å²) in [7, 11) is 0. The smallest absolute Gasteiger partial charge is 0.240 e. The van der Waals surface area contributed by atoms with Gasteiger partial charge in [0.15, 0.2) is 0 Å². The first kappa shape index (κ1) is 14.8. The zero-order valence-electron chi connectivity index (χ0n) is 10.9. The molecule has 2 aliphatic rings. The van der Waals surface area contributed by atoms with Gasteiger partial charge in [-0.1, -0.05) is 26.7 Å². The maximum Gasteiger partial charge on any atom is 0.240 e. The molecule has 0 aromatic carbocycles. The highest BCUT2D eigenvalue weighted by molar-refractivity contribution is 5.86. The van der Waals surface area contributed by atoms with Crippen LogP contribution < -0.4 is 11.1 Å². The monoisotopic (exact) mass is 260 g/mol. The first-order valence-corrected chi connectivity index (χ1v) is 6.56. The molecule has 1 amide bonds. The summed E-state index contributed by atoms with van der Waals surface area (Å²) in [5.41, 5.74) is 5.93. The average Bonchev–Trinajstić information content (AvgIpc) is 2.92. The summed E-state index contributed by atoms with van der Waals surface area (Å²) in [4.78, 5) is 12.0. The van der Waals surface area contributed by atoms with Crippen LogP contribution in [0.3, 0.4) is 0 Å². The lowest BCUT2D eigenvalue weighted by molar-refractivity contribution is -0.126. The minimum absolute atomic E-state index is 0. The molecule has 0 heterocycles. The number of halogens is 1. The van der Waals surface area contributed by atoms with E-state index in [9.17, 15) is 4.79 Å². The van der Waals surface area contributed by atoms with E-state index in [1.165, 1.54) is 12.8 Å². The number of hydrogen-bond acceptors (Lipinski definition) is 2. The maximum absolute atomic E-state index is 12.0. The Morgan fingerprint density at radius 2 is 1.76 bits per heavy atom. The number of nitrogens with one attached hydrogen (secondary N) is 1. The lowest BCUT2D eigenvalue weighted by Gasteiger charge is -2.26. The molecule has 2 fully saturated rings. The summed E-state index contributed by atoms with van der Waals surface area (Å²) in [6.07, 6.45) is 6.41. The summed E-state index contributed by atoms with van der Waals surface area (Å²) in [5, 5.41) is 3.09. The van der Waals surface area contributed by atoms with Crippen molar-refractivity contribution in [3.05, 3.63) is 0 Å². The Hall–Kier alpha value is -0.280. The molecule has 2 aliphatic carbocycles. The Morgan fingerprint density at radius 1 is 1.24 bits per heavy atom. The van der Waals surface area contributed by atoms with Gasteiger partial charge in [-0.15, -0.1) is 12.4 Å². The van der Waals surface area contributed by atoms with Crippen LogP contribution in [0.25, 0.3) is 0 Å².